The number of thioether (sulfide) groups is 1. The Labute approximate surface area is 131 Å². The normalized spacial score (nSPS) is 12.7. The van der Waals surface area contributed by atoms with E-state index >= 15 is 0 Å². The van der Waals surface area contributed by atoms with Crippen molar-refractivity contribution in [3.05, 3.63) is 41.1 Å². The number of halogens is 6. The number of nitrogens with two attached hydrogens (primary N) is 1. The summed E-state index contributed by atoms with van der Waals surface area (Å²) >= 11 is -0.633. The van der Waals surface area contributed by atoms with Gasteiger partial charge in [0.15, 0.2) is 5.69 Å². The zero-order chi connectivity index (χ0) is 17.4. The average Bonchev–Trinajstić information content (AvgIpc) is 2.75. The number of nitrogens with zero attached hydrogens (tertiary/aromatic N) is 2. The van der Waals surface area contributed by atoms with Crippen molar-refractivity contribution >= 4 is 17.4 Å². The molecule has 0 saturated heterocycles. The number of benzene rings is 1. The van der Waals surface area contributed by atoms with Gasteiger partial charge in [0.05, 0.1) is 6.54 Å². The van der Waals surface area contributed by atoms with Crippen LogP contribution in [-0.4, -0.2) is 15.3 Å². The fourth-order valence-electron chi connectivity index (χ4n) is 1.86. The van der Waals surface area contributed by atoms with Crippen LogP contribution in [0.3, 0.4) is 0 Å². The van der Waals surface area contributed by atoms with Crippen LogP contribution in [0.15, 0.2) is 29.3 Å². The monoisotopic (exact) mass is 355 g/mol. The molecule has 2 rings (SSSR count). The van der Waals surface area contributed by atoms with Gasteiger partial charge < -0.3 is 5.73 Å². The van der Waals surface area contributed by atoms with E-state index in [0.29, 0.717) is 27.6 Å². The first-order chi connectivity index (χ1) is 10.5. The van der Waals surface area contributed by atoms with Crippen molar-refractivity contribution in [1.82, 2.24) is 9.78 Å². The summed E-state index contributed by atoms with van der Waals surface area (Å²) in [6.07, 6.45) is -4.82. The third-order valence-electron chi connectivity index (χ3n) is 2.92. The highest BCUT2D eigenvalue weighted by atomic mass is 32.2. The maximum Gasteiger partial charge on any atom is 0.447 e. The van der Waals surface area contributed by atoms with Gasteiger partial charge in [0.1, 0.15) is 5.03 Å². The molecule has 2 aromatic rings. The van der Waals surface area contributed by atoms with Crippen LogP contribution >= 0.6 is 11.8 Å². The average molecular weight is 355 g/mol. The SMILES string of the molecule is Cc1cc(Cn2nc(C(F)(F)F)cc2SC(F)(F)F)ccc1N. The third kappa shape index (κ3) is 4.57. The summed E-state index contributed by atoms with van der Waals surface area (Å²) in [6, 6.07) is 5.04. The highest BCUT2D eigenvalue weighted by Gasteiger charge is 2.38. The molecule has 0 saturated carbocycles. The minimum absolute atomic E-state index is 0.227. The molecule has 0 atom stereocenters. The first-order valence-corrected chi connectivity index (χ1v) is 7.03. The summed E-state index contributed by atoms with van der Waals surface area (Å²) in [4.78, 5) is 0. The second kappa shape index (κ2) is 5.99. The van der Waals surface area contributed by atoms with Gasteiger partial charge in [-0.3, -0.25) is 4.68 Å². The summed E-state index contributed by atoms with van der Waals surface area (Å²) < 4.78 is 76.3. The van der Waals surface area contributed by atoms with Crippen LogP contribution in [-0.2, 0) is 12.7 Å². The molecule has 0 aliphatic carbocycles. The maximum absolute atomic E-state index is 12.7. The summed E-state index contributed by atoms with van der Waals surface area (Å²) in [7, 11) is 0. The second-order valence-electron chi connectivity index (χ2n) is 4.76. The van der Waals surface area contributed by atoms with Gasteiger partial charge in [-0.25, -0.2) is 0 Å². The first-order valence-electron chi connectivity index (χ1n) is 6.21. The molecule has 23 heavy (non-hydrogen) atoms. The van der Waals surface area contributed by atoms with Gasteiger partial charge >= 0.3 is 11.7 Å². The van der Waals surface area contributed by atoms with Gasteiger partial charge in [-0.2, -0.15) is 31.4 Å². The van der Waals surface area contributed by atoms with Crippen molar-refractivity contribution in [2.24, 2.45) is 0 Å². The van der Waals surface area contributed by atoms with E-state index in [-0.39, 0.29) is 6.54 Å². The van der Waals surface area contributed by atoms with Crippen molar-refractivity contribution in [1.29, 1.82) is 0 Å². The molecular weight excluding hydrogens is 344 g/mol. The van der Waals surface area contributed by atoms with Crippen molar-refractivity contribution < 1.29 is 26.3 Å². The van der Waals surface area contributed by atoms with E-state index in [4.69, 9.17) is 5.73 Å². The number of anilines is 1. The molecule has 0 spiro atoms. The van der Waals surface area contributed by atoms with Gasteiger partial charge in [-0.15, -0.1) is 0 Å². The summed E-state index contributed by atoms with van der Waals surface area (Å²) in [5.74, 6) is 0. The Morgan fingerprint density at radius 3 is 2.30 bits per heavy atom. The zero-order valence-corrected chi connectivity index (χ0v) is 12.5. The summed E-state index contributed by atoms with van der Waals surface area (Å²) in [5.41, 5.74) is 1.21. The fraction of sp³-hybridized carbons (Fsp3) is 0.308. The standard InChI is InChI=1S/C13H11F6N3S/c1-7-4-8(2-3-9(7)20)6-22-11(23-13(17,18)19)5-10(21-22)12(14,15)16/h2-5H,6,20H2,1H3. The molecule has 1 aromatic carbocycles. The molecule has 0 radical (unpaired) electrons. The van der Waals surface area contributed by atoms with E-state index < -0.39 is 34.2 Å². The zero-order valence-electron chi connectivity index (χ0n) is 11.7. The molecule has 0 amide bonds. The Hall–Kier alpha value is -1.84. The topological polar surface area (TPSA) is 43.8 Å². The summed E-state index contributed by atoms with van der Waals surface area (Å²) in [6.45, 7) is 1.46. The molecule has 0 unspecified atom stereocenters. The minimum Gasteiger partial charge on any atom is -0.399 e. The van der Waals surface area contributed by atoms with Crippen molar-refractivity contribution in [3.63, 3.8) is 0 Å². The Balaban J connectivity index is 2.38. The number of aromatic nitrogens is 2. The van der Waals surface area contributed by atoms with Gasteiger partial charge in [0.2, 0.25) is 0 Å². The lowest BCUT2D eigenvalue weighted by Gasteiger charge is -2.10. The van der Waals surface area contributed by atoms with Crippen LogP contribution in [0.5, 0.6) is 0 Å². The predicted octanol–water partition coefficient (Wildman–Crippen LogP) is 4.45. The van der Waals surface area contributed by atoms with E-state index in [1.165, 1.54) is 12.1 Å². The minimum atomic E-state index is -4.82. The Morgan fingerprint density at radius 2 is 1.78 bits per heavy atom. The van der Waals surface area contributed by atoms with Crippen molar-refractivity contribution in [3.8, 4) is 0 Å². The molecule has 10 heteroatoms. The molecule has 0 aliphatic rings. The molecule has 126 valence electrons. The van der Waals surface area contributed by atoms with Crippen LogP contribution in [0.4, 0.5) is 32.0 Å². The van der Waals surface area contributed by atoms with E-state index in [9.17, 15) is 26.3 Å². The predicted molar refractivity (Wildman–Crippen MR) is 73.8 cm³/mol. The fourth-order valence-corrected chi connectivity index (χ4v) is 2.48. The number of aryl methyl sites for hydroxylation is 1. The summed E-state index contributed by atoms with van der Waals surface area (Å²) in [5, 5.41) is 2.63. The molecule has 0 fully saturated rings. The van der Waals surface area contributed by atoms with E-state index in [1.54, 1.807) is 13.0 Å². The van der Waals surface area contributed by atoms with E-state index in [0.717, 1.165) is 0 Å². The Bertz CT molecular complexity index is 705. The first kappa shape index (κ1) is 17.5. The number of rotatable bonds is 3. The Morgan fingerprint density at radius 1 is 1.13 bits per heavy atom. The molecule has 1 heterocycles. The lowest BCUT2D eigenvalue weighted by molar-refractivity contribution is -0.141. The van der Waals surface area contributed by atoms with E-state index in [1.807, 2.05) is 0 Å². The van der Waals surface area contributed by atoms with Crippen molar-refractivity contribution in [2.75, 3.05) is 5.73 Å². The van der Waals surface area contributed by atoms with Crippen LogP contribution < -0.4 is 5.73 Å². The Kier molecular flexibility index (Phi) is 4.56. The molecule has 3 nitrogen and oxygen atoms in total. The number of alkyl halides is 6. The molecule has 2 N–H and O–H groups in total. The van der Waals surface area contributed by atoms with Gasteiger partial charge in [0.25, 0.3) is 0 Å². The lowest BCUT2D eigenvalue weighted by Crippen LogP contribution is -2.10. The highest BCUT2D eigenvalue weighted by molar-refractivity contribution is 8.00. The molecule has 1 aromatic heterocycles. The molecule has 0 aliphatic heterocycles. The lowest BCUT2D eigenvalue weighted by atomic mass is 10.1. The van der Waals surface area contributed by atoms with Crippen LogP contribution in [0.1, 0.15) is 16.8 Å². The number of hydrogen-bond donors (Lipinski definition) is 1. The van der Waals surface area contributed by atoms with Crippen LogP contribution in [0.2, 0.25) is 0 Å². The number of hydrogen-bond acceptors (Lipinski definition) is 3. The molecular formula is C13H11F6N3S. The van der Waals surface area contributed by atoms with Crippen LogP contribution in [0, 0.1) is 6.92 Å². The van der Waals surface area contributed by atoms with E-state index in [2.05, 4.69) is 5.10 Å². The van der Waals surface area contributed by atoms with Crippen molar-refractivity contribution in [2.45, 2.75) is 30.2 Å². The van der Waals surface area contributed by atoms with Crippen LogP contribution in [0.25, 0.3) is 0 Å². The quantitative estimate of drug-likeness (QED) is 0.502. The van der Waals surface area contributed by atoms with Gasteiger partial charge in [-0.05, 0) is 24.1 Å². The van der Waals surface area contributed by atoms with Gasteiger partial charge in [-0.1, -0.05) is 12.1 Å². The third-order valence-corrected chi connectivity index (χ3v) is 3.69. The number of nitrogen functional groups attached to an aromatic ring is 1. The smallest absolute Gasteiger partial charge is 0.399 e. The second-order valence-corrected chi connectivity index (χ2v) is 5.85. The maximum atomic E-state index is 12.7. The highest BCUT2D eigenvalue weighted by Crippen LogP contribution is 2.39. The van der Waals surface area contributed by atoms with Gasteiger partial charge in [0, 0.05) is 23.5 Å². The largest absolute Gasteiger partial charge is 0.447 e. The molecule has 0 bridgehead atoms.